The van der Waals surface area contributed by atoms with E-state index in [4.69, 9.17) is 9.88 Å². The van der Waals surface area contributed by atoms with Gasteiger partial charge >= 0.3 is 0 Å². The van der Waals surface area contributed by atoms with Crippen LogP contribution in [-0.2, 0) is 15.8 Å². The Labute approximate surface area is 91.2 Å². The molecule has 0 fully saturated rings. The van der Waals surface area contributed by atoms with Crippen molar-refractivity contribution in [3.8, 4) is 5.75 Å². The van der Waals surface area contributed by atoms with Gasteiger partial charge in [-0.2, -0.15) is 0 Å². The van der Waals surface area contributed by atoms with E-state index < -0.39 is 10.0 Å². The normalized spacial score (nSPS) is 11.4. The van der Waals surface area contributed by atoms with Crippen molar-refractivity contribution in [2.75, 3.05) is 7.11 Å². The summed E-state index contributed by atoms with van der Waals surface area (Å²) in [5, 5.41) is 4.92. The minimum absolute atomic E-state index is 0.184. The van der Waals surface area contributed by atoms with Gasteiger partial charge in [0.05, 0.1) is 17.3 Å². The van der Waals surface area contributed by atoms with Gasteiger partial charge in [0.1, 0.15) is 5.75 Å². The van der Waals surface area contributed by atoms with Gasteiger partial charge < -0.3 is 4.74 Å². The number of methoxy groups -OCH3 is 1. The van der Waals surface area contributed by atoms with E-state index in [0.29, 0.717) is 11.3 Å². The average molecular weight is 280 g/mol. The quantitative estimate of drug-likeness (QED) is 0.905. The third-order valence-electron chi connectivity index (χ3n) is 1.58. The lowest BCUT2D eigenvalue weighted by Crippen LogP contribution is -2.14. The van der Waals surface area contributed by atoms with Gasteiger partial charge in [0, 0.05) is 0 Å². The van der Waals surface area contributed by atoms with Gasteiger partial charge in [-0.05, 0) is 33.6 Å². The second kappa shape index (κ2) is 4.29. The topological polar surface area (TPSA) is 69.4 Å². The molecule has 0 aliphatic rings. The van der Waals surface area contributed by atoms with Crippen molar-refractivity contribution in [3.05, 3.63) is 28.2 Å². The van der Waals surface area contributed by atoms with Crippen LogP contribution in [0.4, 0.5) is 0 Å². The summed E-state index contributed by atoms with van der Waals surface area (Å²) in [6.07, 6.45) is 0. The Hall–Kier alpha value is -0.590. The molecule has 4 nitrogen and oxygen atoms in total. The molecule has 2 N–H and O–H groups in total. The van der Waals surface area contributed by atoms with E-state index in [1.54, 1.807) is 18.2 Å². The number of halogens is 1. The van der Waals surface area contributed by atoms with Crippen LogP contribution in [-0.4, -0.2) is 15.5 Å². The third-order valence-corrected chi connectivity index (χ3v) is 2.97. The molecule has 1 aromatic carbocycles. The van der Waals surface area contributed by atoms with Crippen molar-refractivity contribution < 1.29 is 13.2 Å². The summed E-state index contributed by atoms with van der Waals surface area (Å²) < 4.78 is 27.4. The summed E-state index contributed by atoms with van der Waals surface area (Å²) in [5.74, 6) is 0.405. The van der Waals surface area contributed by atoms with Crippen molar-refractivity contribution in [1.29, 1.82) is 0 Å². The monoisotopic (exact) mass is 279 g/mol. The molecule has 0 atom stereocenters. The molecule has 14 heavy (non-hydrogen) atoms. The van der Waals surface area contributed by atoms with E-state index in [0.717, 1.165) is 4.47 Å². The number of hydrogen-bond donors (Lipinski definition) is 1. The number of sulfonamides is 1. The summed E-state index contributed by atoms with van der Waals surface area (Å²) in [7, 11) is -1.97. The number of benzene rings is 1. The van der Waals surface area contributed by atoms with Crippen LogP contribution < -0.4 is 9.88 Å². The highest BCUT2D eigenvalue weighted by Gasteiger charge is 2.07. The summed E-state index contributed by atoms with van der Waals surface area (Å²) in [4.78, 5) is 0. The van der Waals surface area contributed by atoms with Crippen LogP contribution in [0.15, 0.2) is 22.7 Å². The van der Waals surface area contributed by atoms with Gasteiger partial charge in [-0.1, -0.05) is 6.07 Å². The molecular formula is C8H10BrNO3S. The minimum atomic E-state index is -3.49. The summed E-state index contributed by atoms with van der Waals surface area (Å²) in [5.41, 5.74) is 0.604. The number of ether oxygens (including phenoxy) is 1. The Morgan fingerprint density at radius 3 is 2.64 bits per heavy atom. The second-order valence-corrected chi connectivity index (χ2v) is 5.24. The van der Waals surface area contributed by atoms with Crippen LogP contribution in [0.2, 0.25) is 0 Å². The lowest BCUT2D eigenvalue weighted by Gasteiger charge is -2.05. The van der Waals surface area contributed by atoms with Crippen molar-refractivity contribution in [2.24, 2.45) is 5.14 Å². The zero-order valence-electron chi connectivity index (χ0n) is 7.53. The molecule has 0 aliphatic heterocycles. The van der Waals surface area contributed by atoms with Crippen molar-refractivity contribution in [1.82, 2.24) is 0 Å². The lowest BCUT2D eigenvalue weighted by molar-refractivity contribution is 0.412. The molecule has 6 heteroatoms. The molecule has 1 rings (SSSR count). The van der Waals surface area contributed by atoms with Crippen LogP contribution in [0.3, 0.4) is 0 Å². The van der Waals surface area contributed by atoms with Gasteiger partial charge in [-0.3, -0.25) is 0 Å². The Bertz CT molecular complexity index is 430. The molecular weight excluding hydrogens is 270 g/mol. The fourth-order valence-electron chi connectivity index (χ4n) is 1.03. The Kier molecular flexibility index (Phi) is 3.52. The van der Waals surface area contributed by atoms with E-state index >= 15 is 0 Å². The minimum Gasteiger partial charge on any atom is -0.496 e. The first kappa shape index (κ1) is 11.5. The zero-order chi connectivity index (χ0) is 10.8. The maximum absolute atomic E-state index is 10.8. The van der Waals surface area contributed by atoms with Gasteiger partial charge in [0.15, 0.2) is 0 Å². The number of rotatable bonds is 3. The molecule has 0 amide bonds. The maximum Gasteiger partial charge on any atom is 0.213 e. The SMILES string of the molecule is COc1cc(CS(N)(=O)=O)ccc1Br. The van der Waals surface area contributed by atoms with Crippen LogP contribution in [0.25, 0.3) is 0 Å². The van der Waals surface area contributed by atoms with Crippen molar-refractivity contribution >= 4 is 26.0 Å². The van der Waals surface area contributed by atoms with Crippen LogP contribution in [0, 0.1) is 0 Å². The van der Waals surface area contributed by atoms with Gasteiger partial charge in [-0.25, -0.2) is 13.6 Å². The van der Waals surface area contributed by atoms with E-state index in [9.17, 15) is 8.42 Å². The first-order chi connectivity index (χ1) is 6.42. The van der Waals surface area contributed by atoms with Gasteiger partial charge in [-0.15, -0.1) is 0 Å². The highest BCUT2D eigenvalue weighted by atomic mass is 79.9. The van der Waals surface area contributed by atoms with E-state index in [2.05, 4.69) is 15.9 Å². The molecule has 0 radical (unpaired) electrons. The van der Waals surface area contributed by atoms with E-state index in [-0.39, 0.29) is 5.75 Å². The van der Waals surface area contributed by atoms with Gasteiger partial charge in [0.2, 0.25) is 10.0 Å². The fourth-order valence-corrected chi connectivity index (χ4v) is 2.08. The smallest absolute Gasteiger partial charge is 0.213 e. The molecule has 0 unspecified atom stereocenters. The van der Waals surface area contributed by atoms with Crippen molar-refractivity contribution in [2.45, 2.75) is 5.75 Å². The Morgan fingerprint density at radius 2 is 2.14 bits per heavy atom. The van der Waals surface area contributed by atoms with Crippen LogP contribution in [0.1, 0.15) is 5.56 Å². The number of primary sulfonamides is 1. The molecule has 0 heterocycles. The molecule has 0 bridgehead atoms. The number of nitrogens with two attached hydrogens (primary N) is 1. The Morgan fingerprint density at radius 1 is 1.50 bits per heavy atom. The molecule has 0 saturated heterocycles. The average Bonchev–Trinajstić information content (AvgIpc) is 2.06. The third kappa shape index (κ3) is 3.28. The summed E-state index contributed by atoms with van der Waals surface area (Å²) in [6.45, 7) is 0. The highest BCUT2D eigenvalue weighted by Crippen LogP contribution is 2.25. The molecule has 1 aromatic rings. The Balaban J connectivity index is 3.01. The summed E-state index contributed by atoms with van der Waals surface area (Å²) in [6, 6.07) is 5.03. The molecule has 78 valence electrons. The zero-order valence-corrected chi connectivity index (χ0v) is 9.93. The molecule has 0 saturated carbocycles. The first-order valence-electron chi connectivity index (χ1n) is 3.75. The van der Waals surface area contributed by atoms with Crippen molar-refractivity contribution in [3.63, 3.8) is 0 Å². The largest absolute Gasteiger partial charge is 0.496 e. The maximum atomic E-state index is 10.8. The second-order valence-electron chi connectivity index (χ2n) is 2.78. The van der Waals surface area contributed by atoms with Gasteiger partial charge in [0.25, 0.3) is 0 Å². The summed E-state index contributed by atoms with van der Waals surface area (Å²) >= 11 is 3.26. The number of hydrogen-bond acceptors (Lipinski definition) is 3. The predicted octanol–water partition coefficient (Wildman–Crippen LogP) is 1.25. The molecule has 0 aromatic heterocycles. The lowest BCUT2D eigenvalue weighted by atomic mass is 10.2. The first-order valence-corrected chi connectivity index (χ1v) is 6.26. The standard InChI is InChI=1S/C8H10BrNO3S/c1-13-8-4-6(2-3-7(8)9)5-14(10,11)12/h2-4H,5H2,1H3,(H2,10,11,12). The fraction of sp³-hybridized carbons (Fsp3) is 0.250. The van der Waals surface area contributed by atoms with E-state index in [1.807, 2.05) is 0 Å². The van der Waals surface area contributed by atoms with Crippen LogP contribution in [0.5, 0.6) is 5.75 Å². The highest BCUT2D eigenvalue weighted by molar-refractivity contribution is 9.10. The molecule has 0 aliphatic carbocycles. The van der Waals surface area contributed by atoms with E-state index in [1.165, 1.54) is 7.11 Å². The predicted molar refractivity (Wildman–Crippen MR) is 57.5 cm³/mol. The molecule has 0 spiro atoms. The van der Waals surface area contributed by atoms with Crippen LogP contribution >= 0.6 is 15.9 Å².